The Morgan fingerprint density at radius 3 is 2.86 bits per heavy atom. The molecule has 120 valence electrons. The lowest BCUT2D eigenvalue weighted by Gasteiger charge is -2.07. The average molecular weight is 328 g/mol. The Kier molecular flexibility index (Phi) is 5.42. The molecule has 0 saturated carbocycles. The molecule has 0 aromatic carbocycles. The highest BCUT2D eigenvalue weighted by atomic mass is 32.2. The fourth-order valence-electron chi connectivity index (χ4n) is 1.84. The van der Waals surface area contributed by atoms with Gasteiger partial charge in [-0.25, -0.2) is 4.79 Å². The molecule has 2 heterocycles. The number of carbonyl (C=O) groups is 3. The van der Waals surface area contributed by atoms with Crippen LogP contribution < -0.4 is 5.32 Å². The van der Waals surface area contributed by atoms with E-state index in [0.29, 0.717) is 18.0 Å². The standard InChI is InChI=1S/C13H16N2O6S/c1-7-3-9(13(18)19-7)20-12(17)6-22-5-11(16)14-10-4-8(2)21-15-10/h4,7,9H,3,5-6H2,1-2H3,(H,14,15,16)/t7-,9+/m1/s1. The summed E-state index contributed by atoms with van der Waals surface area (Å²) in [6.45, 7) is 3.44. The van der Waals surface area contributed by atoms with Crippen LogP contribution in [-0.2, 0) is 23.9 Å². The highest BCUT2D eigenvalue weighted by Gasteiger charge is 2.34. The van der Waals surface area contributed by atoms with E-state index in [1.165, 1.54) is 0 Å². The molecule has 1 aliphatic rings. The summed E-state index contributed by atoms with van der Waals surface area (Å²) in [5, 5.41) is 6.16. The van der Waals surface area contributed by atoms with Crippen molar-refractivity contribution in [1.82, 2.24) is 5.16 Å². The minimum absolute atomic E-state index is 0.0244. The van der Waals surface area contributed by atoms with E-state index in [-0.39, 0.29) is 23.5 Å². The van der Waals surface area contributed by atoms with Crippen molar-refractivity contribution in [2.24, 2.45) is 0 Å². The first-order valence-electron chi connectivity index (χ1n) is 6.65. The van der Waals surface area contributed by atoms with Crippen molar-refractivity contribution in [3.63, 3.8) is 0 Å². The quantitative estimate of drug-likeness (QED) is 0.768. The van der Waals surface area contributed by atoms with E-state index < -0.39 is 18.0 Å². The molecule has 8 nitrogen and oxygen atoms in total. The van der Waals surface area contributed by atoms with Gasteiger partial charge in [0.2, 0.25) is 12.0 Å². The lowest BCUT2D eigenvalue weighted by Crippen LogP contribution is -2.24. The number of carbonyl (C=O) groups excluding carboxylic acids is 3. The van der Waals surface area contributed by atoms with E-state index in [1.54, 1.807) is 19.9 Å². The zero-order chi connectivity index (χ0) is 16.1. The molecule has 22 heavy (non-hydrogen) atoms. The Bertz CT molecular complexity index is 573. The molecule has 0 unspecified atom stereocenters. The molecular formula is C13H16N2O6S. The van der Waals surface area contributed by atoms with E-state index >= 15 is 0 Å². The Hall–Kier alpha value is -2.03. The summed E-state index contributed by atoms with van der Waals surface area (Å²) in [7, 11) is 0. The van der Waals surface area contributed by atoms with Gasteiger partial charge in [-0.3, -0.25) is 9.59 Å². The number of hydrogen-bond acceptors (Lipinski definition) is 8. The number of esters is 2. The Labute approximate surface area is 130 Å². The Balaban J connectivity index is 1.64. The van der Waals surface area contributed by atoms with Crippen LogP contribution in [0.4, 0.5) is 5.82 Å². The molecule has 1 N–H and O–H groups in total. The van der Waals surface area contributed by atoms with Crippen LogP contribution in [0.3, 0.4) is 0 Å². The second kappa shape index (κ2) is 7.30. The van der Waals surface area contributed by atoms with Crippen LogP contribution >= 0.6 is 11.8 Å². The molecule has 9 heteroatoms. The van der Waals surface area contributed by atoms with E-state index in [4.69, 9.17) is 14.0 Å². The van der Waals surface area contributed by atoms with E-state index in [0.717, 1.165) is 11.8 Å². The predicted octanol–water partition coefficient (Wildman–Crippen LogP) is 0.902. The fraction of sp³-hybridized carbons (Fsp3) is 0.538. The highest BCUT2D eigenvalue weighted by molar-refractivity contribution is 8.00. The highest BCUT2D eigenvalue weighted by Crippen LogP contribution is 2.18. The van der Waals surface area contributed by atoms with Gasteiger partial charge in [-0.05, 0) is 13.8 Å². The number of nitrogens with one attached hydrogen (secondary N) is 1. The van der Waals surface area contributed by atoms with E-state index in [2.05, 4.69) is 10.5 Å². The first-order chi connectivity index (χ1) is 10.4. The Morgan fingerprint density at radius 2 is 2.27 bits per heavy atom. The van der Waals surface area contributed by atoms with Gasteiger partial charge in [-0.1, -0.05) is 5.16 Å². The van der Waals surface area contributed by atoms with E-state index in [1.807, 2.05) is 0 Å². The van der Waals surface area contributed by atoms with Crippen molar-refractivity contribution in [1.29, 1.82) is 0 Å². The van der Waals surface area contributed by atoms with Crippen molar-refractivity contribution in [3.05, 3.63) is 11.8 Å². The molecule has 1 saturated heterocycles. The molecule has 0 radical (unpaired) electrons. The topological polar surface area (TPSA) is 108 Å². The maximum Gasteiger partial charge on any atom is 0.347 e. The molecule has 0 bridgehead atoms. The summed E-state index contributed by atoms with van der Waals surface area (Å²) >= 11 is 1.08. The number of aryl methyl sites for hydroxylation is 1. The molecule has 2 atom stereocenters. The van der Waals surface area contributed by atoms with Crippen molar-refractivity contribution >= 4 is 35.4 Å². The van der Waals surface area contributed by atoms with Gasteiger partial charge in [0.25, 0.3) is 0 Å². The van der Waals surface area contributed by atoms with Gasteiger partial charge in [0.1, 0.15) is 11.9 Å². The maximum atomic E-state index is 11.6. The maximum absolute atomic E-state index is 11.6. The molecule has 1 amide bonds. The van der Waals surface area contributed by atoms with Gasteiger partial charge in [0, 0.05) is 12.5 Å². The zero-order valence-corrected chi connectivity index (χ0v) is 13.0. The molecule has 0 spiro atoms. The lowest BCUT2D eigenvalue weighted by molar-refractivity contribution is -0.159. The van der Waals surface area contributed by atoms with Crippen LogP contribution in [0, 0.1) is 6.92 Å². The minimum atomic E-state index is -0.838. The first kappa shape index (κ1) is 16.3. The Morgan fingerprint density at radius 1 is 1.50 bits per heavy atom. The van der Waals surface area contributed by atoms with Crippen LogP contribution in [0.25, 0.3) is 0 Å². The summed E-state index contributed by atoms with van der Waals surface area (Å²) in [6, 6.07) is 1.59. The van der Waals surface area contributed by atoms with Gasteiger partial charge in [-0.15, -0.1) is 11.8 Å². The van der Waals surface area contributed by atoms with Crippen molar-refractivity contribution < 1.29 is 28.4 Å². The number of nitrogens with zero attached hydrogens (tertiary/aromatic N) is 1. The number of cyclic esters (lactones) is 1. The smallest absolute Gasteiger partial charge is 0.347 e. The first-order valence-corrected chi connectivity index (χ1v) is 7.80. The number of hydrogen-bond donors (Lipinski definition) is 1. The summed E-state index contributed by atoms with van der Waals surface area (Å²) < 4.78 is 14.7. The third-order valence-electron chi connectivity index (χ3n) is 2.75. The molecule has 1 fully saturated rings. The van der Waals surface area contributed by atoms with Crippen LogP contribution in [0.15, 0.2) is 10.6 Å². The van der Waals surface area contributed by atoms with Crippen molar-refractivity contribution in [2.75, 3.05) is 16.8 Å². The number of thioether (sulfide) groups is 1. The normalized spacial score (nSPS) is 20.5. The van der Waals surface area contributed by atoms with Gasteiger partial charge < -0.3 is 19.3 Å². The number of anilines is 1. The second-order valence-electron chi connectivity index (χ2n) is 4.83. The molecule has 1 aromatic rings. The monoisotopic (exact) mass is 328 g/mol. The van der Waals surface area contributed by atoms with Crippen molar-refractivity contribution in [2.45, 2.75) is 32.5 Å². The number of ether oxygens (including phenoxy) is 2. The molecule has 1 aromatic heterocycles. The summed E-state index contributed by atoms with van der Waals surface area (Å²) in [5.41, 5.74) is 0. The van der Waals surface area contributed by atoms with Crippen LogP contribution in [0.2, 0.25) is 0 Å². The predicted molar refractivity (Wildman–Crippen MR) is 77.2 cm³/mol. The SMILES string of the molecule is Cc1cc(NC(=O)CSCC(=O)O[C@H]2C[C@@H](C)OC2=O)no1. The molecular weight excluding hydrogens is 312 g/mol. The minimum Gasteiger partial charge on any atom is -0.460 e. The average Bonchev–Trinajstić information content (AvgIpc) is 2.95. The van der Waals surface area contributed by atoms with Gasteiger partial charge in [0.15, 0.2) is 5.82 Å². The van der Waals surface area contributed by atoms with Crippen LogP contribution in [-0.4, -0.2) is 46.7 Å². The molecule has 1 aliphatic heterocycles. The lowest BCUT2D eigenvalue weighted by atomic mass is 10.2. The third-order valence-corrected chi connectivity index (χ3v) is 3.65. The largest absolute Gasteiger partial charge is 0.460 e. The van der Waals surface area contributed by atoms with Gasteiger partial charge in [-0.2, -0.15) is 0 Å². The van der Waals surface area contributed by atoms with Crippen LogP contribution in [0.1, 0.15) is 19.1 Å². The summed E-state index contributed by atoms with van der Waals surface area (Å²) in [5.74, 6) is -0.427. The van der Waals surface area contributed by atoms with Crippen LogP contribution in [0.5, 0.6) is 0 Å². The number of aromatic nitrogens is 1. The molecule has 0 aliphatic carbocycles. The zero-order valence-electron chi connectivity index (χ0n) is 12.2. The number of amides is 1. The number of rotatable bonds is 6. The summed E-state index contributed by atoms with van der Waals surface area (Å²) in [6.07, 6.45) is -0.717. The fourth-order valence-corrected chi connectivity index (χ4v) is 2.43. The third kappa shape index (κ3) is 4.76. The summed E-state index contributed by atoms with van der Waals surface area (Å²) in [4.78, 5) is 34.5. The van der Waals surface area contributed by atoms with Gasteiger partial charge in [0.05, 0.1) is 11.5 Å². The second-order valence-corrected chi connectivity index (χ2v) is 5.81. The van der Waals surface area contributed by atoms with E-state index in [9.17, 15) is 14.4 Å². The van der Waals surface area contributed by atoms with Crippen molar-refractivity contribution in [3.8, 4) is 0 Å². The molecule has 2 rings (SSSR count). The van der Waals surface area contributed by atoms with Gasteiger partial charge >= 0.3 is 11.9 Å².